The molecule has 0 bridgehead atoms. The monoisotopic (exact) mass is 341 g/mol. The zero-order chi connectivity index (χ0) is 17.1. The summed E-state index contributed by atoms with van der Waals surface area (Å²) in [4.78, 5) is 4.57. The summed E-state index contributed by atoms with van der Waals surface area (Å²) in [6.45, 7) is 0. The molecule has 122 valence electrons. The smallest absolute Gasteiger partial charge is 0.200 e. The molecule has 1 aromatic heterocycles. The summed E-state index contributed by atoms with van der Waals surface area (Å²) in [5.74, 6) is 0.690. The highest BCUT2D eigenvalue weighted by Gasteiger charge is 2.09. The van der Waals surface area contributed by atoms with E-state index in [1.54, 1.807) is 12.1 Å². The first-order valence-electron chi connectivity index (χ1n) is 7.30. The molecule has 0 amide bonds. The molecule has 0 saturated heterocycles. The number of phenols is 1. The number of nitrogens with zero attached hydrogens (tertiary/aromatic N) is 1. The van der Waals surface area contributed by atoms with Gasteiger partial charge in [-0.15, -0.1) is 0 Å². The second kappa shape index (κ2) is 6.81. The number of methoxy groups -OCH3 is 2. The highest BCUT2D eigenvalue weighted by atomic mass is 35.5. The van der Waals surface area contributed by atoms with Gasteiger partial charge in [0, 0.05) is 10.4 Å². The Morgan fingerprint density at radius 1 is 0.958 bits per heavy atom. The van der Waals surface area contributed by atoms with Crippen LogP contribution in [0.25, 0.3) is 23.1 Å². The van der Waals surface area contributed by atoms with E-state index in [1.165, 1.54) is 14.2 Å². The molecule has 4 nitrogen and oxygen atoms in total. The van der Waals surface area contributed by atoms with Gasteiger partial charge in [0.2, 0.25) is 5.75 Å². The molecule has 0 unspecified atom stereocenters. The lowest BCUT2D eigenvalue weighted by molar-refractivity contribution is 0.340. The van der Waals surface area contributed by atoms with Crippen LogP contribution in [0.15, 0.2) is 42.5 Å². The number of hydrogen-bond donors (Lipinski definition) is 1. The molecule has 0 atom stereocenters. The Morgan fingerprint density at radius 2 is 1.62 bits per heavy atom. The van der Waals surface area contributed by atoms with Crippen LogP contribution >= 0.6 is 11.6 Å². The van der Waals surface area contributed by atoms with E-state index in [4.69, 9.17) is 21.1 Å². The molecule has 24 heavy (non-hydrogen) atoms. The molecule has 0 radical (unpaired) electrons. The van der Waals surface area contributed by atoms with Crippen LogP contribution in [0.4, 0.5) is 0 Å². The lowest BCUT2D eigenvalue weighted by Crippen LogP contribution is -1.90. The van der Waals surface area contributed by atoms with Crippen LogP contribution in [-0.2, 0) is 0 Å². The second-order valence-corrected chi connectivity index (χ2v) is 5.62. The van der Waals surface area contributed by atoms with E-state index in [-0.39, 0.29) is 5.75 Å². The Kier molecular flexibility index (Phi) is 4.58. The third-order valence-electron chi connectivity index (χ3n) is 3.62. The maximum Gasteiger partial charge on any atom is 0.200 e. The van der Waals surface area contributed by atoms with Gasteiger partial charge in [-0.25, -0.2) is 4.98 Å². The van der Waals surface area contributed by atoms with Gasteiger partial charge in [0.05, 0.1) is 25.4 Å². The topological polar surface area (TPSA) is 51.6 Å². The van der Waals surface area contributed by atoms with Gasteiger partial charge in [0.25, 0.3) is 0 Å². The minimum Gasteiger partial charge on any atom is -0.502 e. The first-order valence-corrected chi connectivity index (χ1v) is 7.68. The van der Waals surface area contributed by atoms with E-state index in [2.05, 4.69) is 4.98 Å². The quantitative estimate of drug-likeness (QED) is 0.741. The van der Waals surface area contributed by atoms with Crippen LogP contribution in [0.5, 0.6) is 17.2 Å². The fraction of sp³-hybridized carbons (Fsp3) is 0.105. The summed E-state index contributed by atoms with van der Waals surface area (Å²) >= 11 is 6.02. The van der Waals surface area contributed by atoms with Crippen LogP contribution in [0.3, 0.4) is 0 Å². The van der Waals surface area contributed by atoms with Crippen LogP contribution in [-0.4, -0.2) is 24.3 Å². The standard InChI is InChI=1S/C19H16ClNO3/c1-23-17-9-12(10-18(24-2)19(17)22)3-7-15-8-5-13-4-6-14(20)11-16(13)21-15/h3-11,22H,1-2H3/b7-3+. The van der Waals surface area contributed by atoms with Gasteiger partial charge in [-0.2, -0.15) is 0 Å². The van der Waals surface area contributed by atoms with Crippen molar-refractivity contribution in [1.29, 1.82) is 0 Å². The first-order chi connectivity index (χ1) is 11.6. The van der Waals surface area contributed by atoms with Crippen molar-refractivity contribution >= 4 is 34.7 Å². The highest BCUT2D eigenvalue weighted by Crippen LogP contribution is 2.37. The molecule has 2 aromatic carbocycles. The molecular weight excluding hydrogens is 326 g/mol. The van der Waals surface area contributed by atoms with Gasteiger partial charge in [-0.05, 0) is 42.0 Å². The van der Waals surface area contributed by atoms with Crippen molar-refractivity contribution in [3.05, 3.63) is 58.7 Å². The van der Waals surface area contributed by atoms with Crippen LogP contribution in [0.2, 0.25) is 5.02 Å². The molecule has 0 aliphatic rings. The molecule has 0 aliphatic carbocycles. The number of aromatic nitrogens is 1. The maximum absolute atomic E-state index is 9.94. The van der Waals surface area contributed by atoms with Crippen LogP contribution in [0.1, 0.15) is 11.3 Å². The number of phenolic OH excluding ortho intramolecular Hbond substituents is 1. The Hall–Kier alpha value is -2.72. The number of rotatable bonds is 4. The predicted molar refractivity (Wildman–Crippen MR) is 96.9 cm³/mol. The summed E-state index contributed by atoms with van der Waals surface area (Å²) in [6, 6.07) is 13.0. The Balaban J connectivity index is 1.95. The molecule has 1 heterocycles. The second-order valence-electron chi connectivity index (χ2n) is 5.18. The Bertz CT molecular complexity index is 897. The average molecular weight is 342 g/mol. The summed E-state index contributed by atoms with van der Waals surface area (Å²) < 4.78 is 10.3. The molecular formula is C19H16ClNO3. The summed E-state index contributed by atoms with van der Waals surface area (Å²) in [7, 11) is 2.99. The van der Waals surface area contributed by atoms with E-state index >= 15 is 0 Å². The van der Waals surface area contributed by atoms with E-state index in [0.29, 0.717) is 16.5 Å². The molecule has 0 fully saturated rings. The van der Waals surface area contributed by atoms with Gasteiger partial charge in [-0.1, -0.05) is 29.8 Å². The van der Waals surface area contributed by atoms with Gasteiger partial charge in [0.1, 0.15) is 0 Å². The molecule has 1 N–H and O–H groups in total. The van der Waals surface area contributed by atoms with Crippen LogP contribution in [0, 0.1) is 0 Å². The fourth-order valence-corrected chi connectivity index (χ4v) is 2.56. The number of aromatic hydroxyl groups is 1. The van der Waals surface area contributed by atoms with Crippen molar-refractivity contribution < 1.29 is 14.6 Å². The summed E-state index contributed by atoms with van der Waals surface area (Å²) in [5, 5.41) is 11.6. The van der Waals surface area contributed by atoms with E-state index in [0.717, 1.165) is 22.2 Å². The minimum absolute atomic E-state index is 0.0179. The number of halogens is 1. The van der Waals surface area contributed by atoms with Crippen molar-refractivity contribution in [1.82, 2.24) is 4.98 Å². The highest BCUT2D eigenvalue weighted by molar-refractivity contribution is 6.31. The number of benzene rings is 2. The third-order valence-corrected chi connectivity index (χ3v) is 3.86. The molecule has 5 heteroatoms. The van der Waals surface area contributed by atoms with Gasteiger partial charge in [0.15, 0.2) is 11.5 Å². The molecule has 0 aliphatic heterocycles. The summed E-state index contributed by atoms with van der Waals surface area (Å²) in [6.07, 6.45) is 3.76. The van der Waals surface area contributed by atoms with Crippen molar-refractivity contribution in [2.45, 2.75) is 0 Å². The first kappa shape index (κ1) is 16.1. The average Bonchev–Trinajstić information content (AvgIpc) is 2.60. The number of pyridine rings is 1. The largest absolute Gasteiger partial charge is 0.502 e. The Labute approximate surface area is 144 Å². The van der Waals surface area contributed by atoms with Crippen molar-refractivity contribution in [2.75, 3.05) is 14.2 Å². The van der Waals surface area contributed by atoms with Crippen molar-refractivity contribution in [3.63, 3.8) is 0 Å². The summed E-state index contributed by atoms with van der Waals surface area (Å²) in [5.41, 5.74) is 2.47. The fourth-order valence-electron chi connectivity index (χ4n) is 2.39. The van der Waals surface area contributed by atoms with E-state index in [9.17, 15) is 5.11 Å². The lowest BCUT2D eigenvalue weighted by atomic mass is 10.1. The number of hydrogen-bond acceptors (Lipinski definition) is 4. The van der Waals surface area contributed by atoms with E-state index in [1.807, 2.05) is 42.5 Å². The molecule has 0 spiro atoms. The van der Waals surface area contributed by atoms with E-state index < -0.39 is 0 Å². The zero-order valence-corrected chi connectivity index (χ0v) is 14.0. The van der Waals surface area contributed by atoms with Crippen molar-refractivity contribution in [2.24, 2.45) is 0 Å². The van der Waals surface area contributed by atoms with Gasteiger partial charge in [-0.3, -0.25) is 0 Å². The molecule has 3 rings (SSSR count). The Morgan fingerprint density at radius 3 is 2.29 bits per heavy atom. The van der Waals surface area contributed by atoms with Crippen LogP contribution < -0.4 is 9.47 Å². The predicted octanol–water partition coefficient (Wildman–Crippen LogP) is 4.78. The lowest BCUT2D eigenvalue weighted by Gasteiger charge is -2.09. The van der Waals surface area contributed by atoms with Gasteiger partial charge < -0.3 is 14.6 Å². The zero-order valence-electron chi connectivity index (χ0n) is 13.3. The normalized spacial score (nSPS) is 11.1. The number of ether oxygens (including phenoxy) is 2. The SMILES string of the molecule is COc1cc(/C=C/c2ccc3ccc(Cl)cc3n2)cc(OC)c1O. The number of fused-ring (bicyclic) bond motifs is 1. The van der Waals surface area contributed by atoms with Crippen molar-refractivity contribution in [3.8, 4) is 17.2 Å². The van der Waals surface area contributed by atoms with Gasteiger partial charge >= 0.3 is 0 Å². The minimum atomic E-state index is -0.0179. The third kappa shape index (κ3) is 3.29. The molecule has 3 aromatic rings. The molecule has 0 saturated carbocycles. The maximum atomic E-state index is 9.94.